The fourth-order valence-corrected chi connectivity index (χ4v) is 4.18. The molecule has 1 aliphatic heterocycles. The van der Waals surface area contributed by atoms with Gasteiger partial charge in [-0.05, 0) is 42.3 Å². The number of halogens is 4. The van der Waals surface area contributed by atoms with Crippen molar-refractivity contribution in [2.24, 2.45) is 0 Å². The molecule has 0 unspecified atom stereocenters. The number of hydrogen-bond acceptors (Lipinski definition) is 4. The van der Waals surface area contributed by atoms with Crippen LogP contribution in [0.15, 0.2) is 41.3 Å². The van der Waals surface area contributed by atoms with Crippen LogP contribution in [0.4, 0.5) is 28.9 Å². The quantitative estimate of drug-likeness (QED) is 0.507. The molecule has 0 atom stereocenters. The van der Waals surface area contributed by atoms with Gasteiger partial charge in [0.25, 0.3) is 0 Å². The molecule has 2 aromatic carbocycles. The van der Waals surface area contributed by atoms with Crippen molar-refractivity contribution in [2.75, 3.05) is 49.2 Å². The largest absolute Gasteiger partial charge is 0.398 e. The third-order valence-corrected chi connectivity index (χ3v) is 6.22. The van der Waals surface area contributed by atoms with Crippen LogP contribution >= 0.6 is 11.8 Å². The van der Waals surface area contributed by atoms with Crippen LogP contribution < -0.4 is 10.2 Å². The second-order valence-electron chi connectivity index (χ2n) is 7.18. The Labute approximate surface area is 173 Å². The summed E-state index contributed by atoms with van der Waals surface area (Å²) in [7, 11) is 1.88. The van der Waals surface area contributed by atoms with Crippen LogP contribution in [0.25, 0.3) is 0 Å². The van der Waals surface area contributed by atoms with Gasteiger partial charge in [-0.1, -0.05) is 12.1 Å². The Morgan fingerprint density at radius 2 is 1.69 bits per heavy atom. The highest BCUT2D eigenvalue weighted by molar-refractivity contribution is 7.99. The minimum Gasteiger partial charge on any atom is -0.388 e. The molecule has 1 heterocycles. The second-order valence-corrected chi connectivity index (χ2v) is 8.20. The highest BCUT2D eigenvalue weighted by Crippen LogP contribution is 2.34. The van der Waals surface area contributed by atoms with E-state index in [-0.39, 0.29) is 5.82 Å². The zero-order valence-electron chi connectivity index (χ0n) is 16.5. The van der Waals surface area contributed by atoms with Gasteiger partial charge in [0.2, 0.25) is 0 Å². The van der Waals surface area contributed by atoms with Crippen molar-refractivity contribution in [2.45, 2.75) is 24.5 Å². The first-order valence-electron chi connectivity index (χ1n) is 9.49. The molecule has 0 aliphatic carbocycles. The number of anilines is 2. The van der Waals surface area contributed by atoms with Crippen molar-refractivity contribution in [3.63, 3.8) is 0 Å². The minimum atomic E-state index is -4.25. The van der Waals surface area contributed by atoms with Crippen LogP contribution in [-0.2, 0) is 6.54 Å². The highest BCUT2D eigenvalue weighted by atomic mass is 32.2. The first-order chi connectivity index (χ1) is 13.7. The summed E-state index contributed by atoms with van der Waals surface area (Å²) >= 11 is 0.712. The summed E-state index contributed by atoms with van der Waals surface area (Å²) in [5.74, 6) is -1.35. The van der Waals surface area contributed by atoms with Gasteiger partial charge < -0.3 is 10.2 Å². The van der Waals surface area contributed by atoms with Gasteiger partial charge in [0, 0.05) is 50.4 Å². The number of piperazine rings is 1. The maximum absolute atomic E-state index is 14.5. The molecule has 3 rings (SSSR count). The summed E-state index contributed by atoms with van der Waals surface area (Å²) in [5.41, 5.74) is 3.19. The molecule has 0 aromatic heterocycles. The lowest BCUT2D eigenvalue weighted by atomic mass is 10.1. The number of hydrogen-bond donors (Lipinski definition) is 1. The molecular formula is C21H25F4N3S. The second kappa shape index (κ2) is 9.26. The Hall–Kier alpha value is -1.93. The van der Waals surface area contributed by atoms with Crippen molar-refractivity contribution < 1.29 is 17.6 Å². The fraction of sp³-hybridized carbons (Fsp3) is 0.429. The average molecular weight is 428 g/mol. The number of thioether (sulfide) groups is 1. The van der Waals surface area contributed by atoms with Gasteiger partial charge in [0.1, 0.15) is 5.82 Å². The van der Waals surface area contributed by atoms with Gasteiger partial charge in [-0.2, -0.15) is 13.2 Å². The van der Waals surface area contributed by atoms with Crippen molar-refractivity contribution in [1.29, 1.82) is 0 Å². The Kier molecular flexibility index (Phi) is 6.95. The molecule has 0 saturated carbocycles. The molecule has 1 saturated heterocycles. The molecule has 158 valence electrons. The van der Waals surface area contributed by atoms with Crippen LogP contribution in [0.5, 0.6) is 0 Å². The van der Waals surface area contributed by atoms with Crippen LogP contribution in [0, 0.1) is 12.7 Å². The number of benzene rings is 2. The lowest BCUT2D eigenvalue weighted by molar-refractivity contribution is -0.105. The summed E-state index contributed by atoms with van der Waals surface area (Å²) in [6.07, 6.45) is -4.25. The van der Waals surface area contributed by atoms with E-state index in [1.807, 2.05) is 24.1 Å². The normalized spacial score (nSPS) is 15.6. The van der Waals surface area contributed by atoms with Gasteiger partial charge in [0.15, 0.2) is 0 Å². The van der Waals surface area contributed by atoms with Gasteiger partial charge in [0.05, 0.1) is 11.4 Å². The standard InChI is InChI=1S/C21H25F4N3S/c1-15-11-18(22)19(12-20(15)29-14-21(23,24)25)28-9-7-27(8-10-28)13-16-3-5-17(26-2)6-4-16/h3-6,11-12,26H,7-10,13-14H2,1-2H3. The number of nitrogens with one attached hydrogen (secondary N) is 1. The molecule has 2 aromatic rings. The van der Waals surface area contributed by atoms with Crippen LogP contribution in [0.2, 0.25) is 0 Å². The van der Waals surface area contributed by atoms with Crippen LogP contribution in [0.3, 0.4) is 0 Å². The maximum Gasteiger partial charge on any atom is 0.398 e. The third-order valence-electron chi connectivity index (χ3n) is 5.00. The Bertz CT molecular complexity index is 816. The fourth-order valence-electron chi connectivity index (χ4n) is 3.38. The van der Waals surface area contributed by atoms with Gasteiger partial charge in [-0.15, -0.1) is 11.8 Å². The van der Waals surface area contributed by atoms with E-state index in [1.165, 1.54) is 11.6 Å². The van der Waals surface area contributed by atoms with E-state index in [9.17, 15) is 17.6 Å². The highest BCUT2D eigenvalue weighted by Gasteiger charge is 2.28. The molecule has 8 heteroatoms. The molecule has 0 amide bonds. The van der Waals surface area contributed by atoms with E-state index < -0.39 is 11.9 Å². The Morgan fingerprint density at radius 1 is 1.03 bits per heavy atom. The van der Waals surface area contributed by atoms with E-state index in [0.29, 0.717) is 41.0 Å². The van der Waals surface area contributed by atoms with Gasteiger partial charge in [-0.3, -0.25) is 4.90 Å². The van der Waals surface area contributed by atoms with Crippen molar-refractivity contribution in [1.82, 2.24) is 4.90 Å². The van der Waals surface area contributed by atoms with E-state index in [4.69, 9.17) is 0 Å². The molecule has 29 heavy (non-hydrogen) atoms. The average Bonchev–Trinajstić information content (AvgIpc) is 2.68. The van der Waals surface area contributed by atoms with E-state index in [2.05, 4.69) is 22.3 Å². The van der Waals surface area contributed by atoms with Gasteiger partial charge in [-0.25, -0.2) is 4.39 Å². The van der Waals surface area contributed by atoms with E-state index in [1.54, 1.807) is 13.0 Å². The zero-order valence-corrected chi connectivity index (χ0v) is 17.3. The number of rotatable bonds is 6. The first kappa shape index (κ1) is 21.8. The summed E-state index contributed by atoms with van der Waals surface area (Å²) in [5, 5.41) is 3.09. The summed E-state index contributed by atoms with van der Waals surface area (Å²) in [6, 6.07) is 11.1. The van der Waals surface area contributed by atoms with Gasteiger partial charge >= 0.3 is 6.18 Å². The molecule has 3 nitrogen and oxygen atoms in total. The van der Waals surface area contributed by atoms with Crippen LogP contribution in [-0.4, -0.2) is 50.1 Å². The Balaban J connectivity index is 1.62. The molecular weight excluding hydrogens is 402 g/mol. The van der Waals surface area contributed by atoms with Crippen molar-refractivity contribution in [3.8, 4) is 0 Å². The summed E-state index contributed by atoms with van der Waals surface area (Å²) in [6.45, 7) is 5.28. The van der Waals surface area contributed by atoms with Crippen molar-refractivity contribution in [3.05, 3.63) is 53.3 Å². The molecule has 1 N–H and O–H groups in total. The lowest BCUT2D eigenvalue weighted by Gasteiger charge is -2.36. The summed E-state index contributed by atoms with van der Waals surface area (Å²) < 4.78 is 52.2. The lowest BCUT2D eigenvalue weighted by Crippen LogP contribution is -2.46. The van der Waals surface area contributed by atoms with E-state index in [0.717, 1.165) is 25.3 Å². The topological polar surface area (TPSA) is 18.5 Å². The molecule has 1 fully saturated rings. The maximum atomic E-state index is 14.5. The summed E-state index contributed by atoms with van der Waals surface area (Å²) in [4.78, 5) is 4.70. The molecule has 0 radical (unpaired) electrons. The molecule has 0 bridgehead atoms. The smallest absolute Gasteiger partial charge is 0.388 e. The number of alkyl halides is 3. The predicted molar refractivity (Wildman–Crippen MR) is 111 cm³/mol. The SMILES string of the molecule is CNc1ccc(CN2CCN(c3cc(SCC(F)(F)F)c(C)cc3F)CC2)cc1. The van der Waals surface area contributed by atoms with E-state index >= 15 is 0 Å². The molecule has 1 aliphatic rings. The first-order valence-corrected chi connectivity index (χ1v) is 10.5. The van der Waals surface area contributed by atoms with Crippen molar-refractivity contribution >= 4 is 23.1 Å². The predicted octanol–water partition coefficient (Wildman–Crippen LogP) is 5.15. The monoisotopic (exact) mass is 427 g/mol. The number of aryl methyl sites for hydroxylation is 1. The zero-order chi connectivity index (χ0) is 21.0. The number of nitrogens with zero attached hydrogens (tertiary/aromatic N) is 2. The minimum absolute atomic E-state index is 0.380. The third kappa shape index (κ3) is 6.02. The Morgan fingerprint density at radius 3 is 2.28 bits per heavy atom. The van der Waals surface area contributed by atoms with Crippen LogP contribution in [0.1, 0.15) is 11.1 Å². The molecule has 0 spiro atoms.